The summed E-state index contributed by atoms with van der Waals surface area (Å²) < 4.78 is 49.3. The fourth-order valence-electron chi connectivity index (χ4n) is 1.13. The molecule has 0 bridgehead atoms. The Bertz CT molecular complexity index is 522. The predicted molar refractivity (Wildman–Crippen MR) is 58.1 cm³/mol. The van der Waals surface area contributed by atoms with Crippen molar-refractivity contribution in [3.63, 3.8) is 0 Å². The van der Waals surface area contributed by atoms with Gasteiger partial charge in [0.15, 0.2) is 0 Å². The number of nitrogens with zero attached hydrogens (tertiary/aromatic N) is 1. The topological polar surface area (TPSA) is 52.9 Å². The van der Waals surface area contributed by atoms with Gasteiger partial charge in [0.05, 0.1) is 17.0 Å². The Morgan fingerprint density at radius 2 is 2.06 bits per heavy atom. The van der Waals surface area contributed by atoms with Crippen molar-refractivity contribution >= 4 is 27.5 Å². The van der Waals surface area contributed by atoms with Crippen LogP contribution in [0.1, 0.15) is 5.56 Å². The molecule has 1 rings (SSSR count). The van der Waals surface area contributed by atoms with Crippen molar-refractivity contribution < 1.29 is 22.4 Å². The van der Waals surface area contributed by atoms with Crippen LogP contribution in [0.25, 0.3) is 0 Å². The molecule has 0 aliphatic rings. The molecule has 8 heteroatoms. The molecule has 0 aliphatic carbocycles. The quantitative estimate of drug-likeness (QED) is 0.849. The van der Waals surface area contributed by atoms with Gasteiger partial charge in [0.25, 0.3) is 0 Å². The van der Waals surface area contributed by atoms with Crippen LogP contribution in [0, 0.1) is 17.1 Å². The van der Waals surface area contributed by atoms with E-state index in [1.165, 1.54) is 0 Å². The summed E-state index contributed by atoms with van der Waals surface area (Å²) >= 11 is 2.78. The third kappa shape index (κ3) is 3.43. The molecule has 3 nitrogen and oxygen atoms in total. The van der Waals surface area contributed by atoms with E-state index < -0.39 is 17.9 Å². The van der Waals surface area contributed by atoms with Crippen molar-refractivity contribution in [3.8, 4) is 6.07 Å². The molecule has 0 unspecified atom stereocenters. The summed E-state index contributed by atoms with van der Waals surface area (Å²) in [7, 11) is 0. The number of rotatable bonds is 2. The van der Waals surface area contributed by atoms with Gasteiger partial charge in [-0.1, -0.05) is 0 Å². The van der Waals surface area contributed by atoms with Crippen molar-refractivity contribution in [2.24, 2.45) is 0 Å². The molecule has 0 spiro atoms. The van der Waals surface area contributed by atoms with Gasteiger partial charge in [-0.15, -0.1) is 0 Å². The number of hydrogen-bond donors (Lipinski definition) is 1. The molecule has 0 heterocycles. The molecular formula is C10H5BrF4N2O. The van der Waals surface area contributed by atoms with Crippen LogP contribution in [0.4, 0.5) is 23.2 Å². The first-order valence-corrected chi connectivity index (χ1v) is 5.28. The molecule has 18 heavy (non-hydrogen) atoms. The Morgan fingerprint density at radius 1 is 1.44 bits per heavy atom. The van der Waals surface area contributed by atoms with E-state index in [1.807, 2.05) is 0 Å². The van der Waals surface area contributed by atoms with E-state index in [4.69, 9.17) is 5.26 Å². The Balaban J connectivity index is 3.12. The number of anilines is 1. The van der Waals surface area contributed by atoms with E-state index in [2.05, 4.69) is 15.9 Å². The monoisotopic (exact) mass is 324 g/mol. The van der Waals surface area contributed by atoms with Crippen LogP contribution < -0.4 is 5.32 Å². The van der Waals surface area contributed by atoms with E-state index in [-0.39, 0.29) is 22.1 Å². The average Bonchev–Trinajstić information content (AvgIpc) is 2.24. The molecule has 0 atom stereocenters. The maximum Gasteiger partial charge on any atom is 0.471 e. The highest BCUT2D eigenvalue weighted by Gasteiger charge is 2.39. The number of benzene rings is 1. The molecule has 1 amide bonds. The number of nitrogens with one attached hydrogen (secondary N) is 1. The largest absolute Gasteiger partial charge is 0.471 e. The van der Waals surface area contributed by atoms with Crippen molar-refractivity contribution in [2.45, 2.75) is 12.6 Å². The molecule has 0 saturated heterocycles. The second-order valence-electron chi connectivity index (χ2n) is 3.21. The van der Waals surface area contributed by atoms with Crippen LogP contribution in [0.2, 0.25) is 0 Å². The van der Waals surface area contributed by atoms with E-state index in [0.717, 1.165) is 12.1 Å². The molecule has 1 aromatic rings. The highest BCUT2D eigenvalue weighted by atomic mass is 79.9. The first kappa shape index (κ1) is 14.4. The molecule has 0 radical (unpaired) electrons. The van der Waals surface area contributed by atoms with Crippen molar-refractivity contribution in [1.82, 2.24) is 0 Å². The van der Waals surface area contributed by atoms with Gasteiger partial charge < -0.3 is 5.32 Å². The predicted octanol–water partition coefficient (Wildman–Crippen LogP) is 3.16. The minimum absolute atomic E-state index is 0.0317. The molecule has 0 aliphatic heterocycles. The van der Waals surface area contributed by atoms with Crippen LogP contribution in [0.5, 0.6) is 0 Å². The van der Waals surface area contributed by atoms with Crippen molar-refractivity contribution in [1.29, 1.82) is 5.26 Å². The number of carbonyl (C=O) groups excluding carboxylic acids is 1. The summed E-state index contributed by atoms with van der Waals surface area (Å²) in [6, 6.07) is 3.53. The Kier molecular flexibility index (Phi) is 4.29. The van der Waals surface area contributed by atoms with Gasteiger partial charge >= 0.3 is 12.1 Å². The van der Waals surface area contributed by atoms with E-state index in [1.54, 1.807) is 11.4 Å². The molecular weight excluding hydrogens is 320 g/mol. The van der Waals surface area contributed by atoms with Crippen LogP contribution in [0.3, 0.4) is 0 Å². The fraction of sp³-hybridized carbons (Fsp3) is 0.200. The minimum Gasteiger partial charge on any atom is -0.318 e. The molecule has 1 aromatic carbocycles. The summed E-state index contributed by atoms with van der Waals surface area (Å²) in [4.78, 5) is 10.8. The normalized spacial score (nSPS) is 10.9. The van der Waals surface area contributed by atoms with Crippen molar-refractivity contribution in [3.05, 3.63) is 28.0 Å². The Hall–Kier alpha value is -1.62. The zero-order chi connectivity index (χ0) is 13.9. The third-order valence-corrected chi connectivity index (χ3v) is 2.53. The summed E-state index contributed by atoms with van der Waals surface area (Å²) in [5, 5.41) is 10.1. The van der Waals surface area contributed by atoms with Crippen LogP contribution in [-0.2, 0) is 11.2 Å². The second-order valence-corrected chi connectivity index (χ2v) is 4.06. The lowest BCUT2D eigenvalue weighted by atomic mass is 10.1. The van der Waals surface area contributed by atoms with Gasteiger partial charge in [0, 0.05) is 5.69 Å². The number of alkyl halides is 3. The lowest BCUT2D eigenvalue weighted by Gasteiger charge is -2.12. The lowest BCUT2D eigenvalue weighted by Crippen LogP contribution is -2.30. The molecule has 1 N–H and O–H groups in total. The highest BCUT2D eigenvalue weighted by Crippen LogP contribution is 2.27. The number of carbonyl (C=O) groups is 1. The first-order chi connectivity index (χ1) is 8.25. The standard InChI is InChI=1S/C10H5BrF4N2O/c11-6-4-8(17-9(18)10(13,14)15)5(1-2-16)3-7(6)12/h3-4H,1H2,(H,17,18). The van der Waals surface area contributed by atoms with Gasteiger partial charge in [-0.05, 0) is 33.6 Å². The summed E-state index contributed by atoms with van der Waals surface area (Å²) in [6.45, 7) is 0. The van der Waals surface area contributed by atoms with E-state index in [0.29, 0.717) is 0 Å². The van der Waals surface area contributed by atoms with Crippen molar-refractivity contribution in [2.75, 3.05) is 5.32 Å². The maximum absolute atomic E-state index is 13.2. The number of nitriles is 1. The van der Waals surface area contributed by atoms with Gasteiger partial charge in [-0.3, -0.25) is 4.79 Å². The van der Waals surface area contributed by atoms with E-state index >= 15 is 0 Å². The zero-order valence-electron chi connectivity index (χ0n) is 8.61. The third-order valence-electron chi connectivity index (χ3n) is 1.92. The maximum atomic E-state index is 13.2. The zero-order valence-corrected chi connectivity index (χ0v) is 10.2. The van der Waals surface area contributed by atoms with Gasteiger partial charge in [-0.25, -0.2) is 4.39 Å². The lowest BCUT2D eigenvalue weighted by molar-refractivity contribution is -0.167. The molecule has 0 saturated carbocycles. The van der Waals surface area contributed by atoms with Crippen LogP contribution in [0.15, 0.2) is 16.6 Å². The molecule has 0 aromatic heterocycles. The Labute approximate surface area is 108 Å². The van der Waals surface area contributed by atoms with Gasteiger partial charge in [0.1, 0.15) is 5.82 Å². The summed E-state index contributed by atoms with van der Waals surface area (Å²) in [5.74, 6) is -2.91. The Morgan fingerprint density at radius 3 is 2.56 bits per heavy atom. The smallest absolute Gasteiger partial charge is 0.318 e. The number of halogens is 5. The second kappa shape index (κ2) is 5.35. The van der Waals surface area contributed by atoms with E-state index in [9.17, 15) is 22.4 Å². The molecule has 0 fully saturated rings. The van der Waals surface area contributed by atoms with Gasteiger partial charge in [0.2, 0.25) is 0 Å². The SMILES string of the molecule is N#CCc1cc(F)c(Br)cc1NC(=O)C(F)(F)F. The fourth-order valence-corrected chi connectivity index (χ4v) is 1.47. The summed E-state index contributed by atoms with van der Waals surface area (Å²) in [5.41, 5.74) is -0.289. The van der Waals surface area contributed by atoms with Crippen LogP contribution >= 0.6 is 15.9 Å². The van der Waals surface area contributed by atoms with Gasteiger partial charge in [-0.2, -0.15) is 18.4 Å². The molecule has 96 valence electrons. The first-order valence-electron chi connectivity index (χ1n) is 4.48. The average molecular weight is 325 g/mol. The van der Waals surface area contributed by atoms with Crippen LogP contribution in [-0.4, -0.2) is 12.1 Å². The summed E-state index contributed by atoms with van der Waals surface area (Å²) in [6.07, 6.45) is -5.37. The number of hydrogen-bond acceptors (Lipinski definition) is 2. The number of amides is 1. The minimum atomic E-state index is -5.05. The highest BCUT2D eigenvalue weighted by molar-refractivity contribution is 9.10.